The minimum absolute atomic E-state index is 0.778. The average molecular weight is 248 g/mol. The Morgan fingerprint density at radius 2 is 1.89 bits per heavy atom. The molecule has 1 N–H and O–H groups in total. The first-order valence-corrected chi connectivity index (χ1v) is 6.82. The molecule has 1 aromatic carbocycles. The topological polar surface area (TPSA) is 24.5 Å². The largest absolute Gasteiger partial charge is 0.381 e. The average Bonchev–Trinajstić information content (AvgIpc) is 2.41. The van der Waals surface area contributed by atoms with Gasteiger partial charge in [-0.3, -0.25) is 0 Å². The number of ether oxygens (including phenoxy) is 1. The Labute approximate surface area is 110 Å². The maximum atomic E-state index is 5.40. The van der Waals surface area contributed by atoms with Gasteiger partial charge in [0, 0.05) is 39.0 Å². The van der Waals surface area contributed by atoms with Crippen LogP contribution in [0.3, 0.4) is 0 Å². The van der Waals surface area contributed by atoms with E-state index in [1.165, 1.54) is 24.1 Å². The van der Waals surface area contributed by atoms with Gasteiger partial charge in [0.15, 0.2) is 0 Å². The Kier molecular flexibility index (Phi) is 5.02. The van der Waals surface area contributed by atoms with Crippen LogP contribution in [-0.4, -0.2) is 33.9 Å². The van der Waals surface area contributed by atoms with Crippen molar-refractivity contribution < 1.29 is 4.74 Å². The summed E-state index contributed by atoms with van der Waals surface area (Å²) in [6.45, 7) is 3.93. The van der Waals surface area contributed by atoms with E-state index < -0.39 is 0 Å². The molecule has 0 bridgehead atoms. The first kappa shape index (κ1) is 13.4. The van der Waals surface area contributed by atoms with Crippen molar-refractivity contribution >= 4 is 5.69 Å². The Bertz CT molecular complexity index is 344. The minimum Gasteiger partial charge on any atom is -0.381 e. The number of rotatable bonds is 5. The van der Waals surface area contributed by atoms with E-state index in [1.807, 2.05) is 7.05 Å². The Morgan fingerprint density at radius 3 is 2.50 bits per heavy atom. The number of hydrogen-bond donors (Lipinski definition) is 1. The predicted octanol–water partition coefficient (Wildman–Crippen LogP) is 2.27. The molecule has 2 rings (SSSR count). The lowest BCUT2D eigenvalue weighted by Gasteiger charge is -2.28. The molecule has 1 heterocycles. The summed E-state index contributed by atoms with van der Waals surface area (Å²) in [7, 11) is 4.16. The molecular formula is C15H24N2O. The van der Waals surface area contributed by atoms with Gasteiger partial charge >= 0.3 is 0 Å². The molecule has 0 radical (unpaired) electrons. The van der Waals surface area contributed by atoms with Crippen molar-refractivity contribution in [2.24, 2.45) is 5.92 Å². The lowest BCUT2D eigenvalue weighted by molar-refractivity contribution is 0.0685. The van der Waals surface area contributed by atoms with Gasteiger partial charge < -0.3 is 15.0 Å². The third kappa shape index (κ3) is 3.72. The van der Waals surface area contributed by atoms with Crippen LogP contribution >= 0.6 is 0 Å². The minimum atomic E-state index is 0.778. The van der Waals surface area contributed by atoms with E-state index in [0.29, 0.717) is 0 Å². The van der Waals surface area contributed by atoms with Crippen LogP contribution in [0.5, 0.6) is 0 Å². The quantitative estimate of drug-likeness (QED) is 0.865. The number of benzene rings is 1. The normalized spacial score (nSPS) is 16.8. The van der Waals surface area contributed by atoms with Gasteiger partial charge in [0.2, 0.25) is 0 Å². The molecule has 18 heavy (non-hydrogen) atoms. The molecule has 0 amide bonds. The highest BCUT2D eigenvalue weighted by molar-refractivity contribution is 5.46. The van der Waals surface area contributed by atoms with Crippen LogP contribution in [0.15, 0.2) is 24.3 Å². The lowest BCUT2D eigenvalue weighted by atomic mass is 9.99. The van der Waals surface area contributed by atoms with E-state index in [1.54, 1.807) is 0 Å². The molecular weight excluding hydrogens is 224 g/mol. The molecule has 1 aliphatic rings. The van der Waals surface area contributed by atoms with E-state index in [2.05, 4.69) is 41.5 Å². The second-order valence-corrected chi connectivity index (χ2v) is 5.13. The first-order chi connectivity index (χ1) is 8.79. The van der Waals surface area contributed by atoms with Crippen molar-refractivity contribution in [3.63, 3.8) is 0 Å². The maximum absolute atomic E-state index is 5.40. The molecule has 1 aliphatic heterocycles. The second kappa shape index (κ2) is 6.76. The molecule has 1 saturated heterocycles. The van der Waals surface area contributed by atoms with E-state index in [0.717, 1.165) is 32.2 Å². The molecule has 0 unspecified atom stereocenters. The molecule has 0 atom stereocenters. The van der Waals surface area contributed by atoms with Crippen LogP contribution in [-0.2, 0) is 11.3 Å². The van der Waals surface area contributed by atoms with Gasteiger partial charge in [-0.25, -0.2) is 0 Å². The molecule has 0 saturated carbocycles. The number of hydrogen-bond acceptors (Lipinski definition) is 3. The van der Waals surface area contributed by atoms with Gasteiger partial charge in [0.1, 0.15) is 0 Å². The van der Waals surface area contributed by atoms with E-state index in [9.17, 15) is 0 Å². The monoisotopic (exact) mass is 248 g/mol. The maximum Gasteiger partial charge on any atom is 0.0469 e. The van der Waals surface area contributed by atoms with E-state index in [4.69, 9.17) is 4.74 Å². The molecule has 1 aromatic rings. The van der Waals surface area contributed by atoms with Crippen LogP contribution in [0, 0.1) is 5.92 Å². The van der Waals surface area contributed by atoms with Crippen molar-refractivity contribution in [2.75, 3.05) is 38.8 Å². The summed E-state index contributed by atoms with van der Waals surface area (Å²) in [5, 5.41) is 3.17. The number of anilines is 1. The SMILES string of the molecule is CNCc1ccc(N(C)CC2CCOCC2)cc1. The van der Waals surface area contributed by atoms with Crippen LogP contribution < -0.4 is 10.2 Å². The molecule has 1 fully saturated rings. The number of nitrogens with one attached hydrogen (secondary N) is 1. The fraction of sp³-hybridized carbons (Fsp3) is 0.600. The second-order valence-electron chi connectivity index (χ2n) is 5.13. The van der Waals surface area contributed by atoms with Crippen molar-refractivity contribution in [1.29, 1.82) is 0 Å². The summed E-state index contributed by atoms with van der Waals surface area (Å²) in [6, 6.07) is 8.83. The fourth-order valence-electron chi connectivity index (χ4n) is 2.49. The van der Waals surface area contributed by atoms with Gasteiger partial charge in [-0.05, 0) is 43.5 Å². The smallest absolute Gasteiger partial charge is 0.0469 e. The van der Waals surface area contributed by atoms with Gasteiger partial charge in [0.25, 0.3) is 0 Å². The Balaban J connectivity index is 1.89. The summed E-state index contributed by atoms with van der Waals surface area (Å²) in [5.41, 5.74) is 2.64. The third-order valence-electron chi connectivity index (χ3n) is 3.63. The first-order valence-electron chi connectivity index (χ1n) is 6.82. The molecule has 0 aliphatic carbocycles. The molecule has 3 nitrogen and oxygen atoms in total. The highest BCUT2D eigenvalue weighted by atomic mass is 16.5. The van der Waals surface area contributed by atoms with Gasteiger partial charge in [-0.15, -0.1) is 0 Å². The molecule has 3 heteroatoms. The van der Waals surface area contributed by atoms with Gasteiger partial charge in [-0.1, -0.05) is 12.1 Å². The van der Waals surface area contributed by atoms with Crippen LogP contribution in [0.2, 0.25) is 0 Å². The highest BCUT2D eigenvalue weighted by Gasteiger charge is 2.15. The Morgan fingerprint density at radius 1 is 1.22 bits per heavy atom. The zero-order valence-electron chi connectivity index (χ0n) is 11.5. The molecule has 0 spiro atoms. The van der Waals surface area contributed by atoms with Gasteiger partial charge in [0.05, 0.1) is 0 Å². The van der Waals surface area contributed by atoms with Gasteiger partial charge in [-0.2, -0.15) is 0 Å². The van der Waals surface area contributed by atoms with E-state index in [-0.39, 0.29) is 0 Å². The van der Waals surface area contributed by atoms with Crippen molar-refractivity contribution in [3.05, 3.63) is 29.8 Å². The zero-order valence-corrected chi connectivity index (χ0v) is 11.5. The van der Waals surface area contributed by atoms with Crippen molar-refractivity contribution in [2.45, 2.75) is 19.4 Å². The van der Waals surface area contributed by atoms with Crippen LogP contribution in [0.4, 0.5) is 5.69 Å². The van der Waals surface area contributed by atoms with Crippen LogP contribution in [0.1, 0.15) is 18.4 Å². The predicted molar refractivity (Wildman–Crippen MR) is 76.0 cm³/mol. The molecule has 100 valence electrons. The molecule has 0 aromatic heterocycles. The van der Waals surface area contributed by atoms with Crippen molar-refractivity contribution in [3.8, 4) is 0 Å². The zero-order chi connectivity index (χ0) is 12.8. The summed E-state index contributed by atoms with van der Waals surface area (Å²) in [4.78, 5) is 2.36. The fourth-order valence-corrected chi connectivity index (χ4v) is 2.49. The summed E-state index contributed by atoms with van der Waals surface area (Å²) >= 11 is 0. The van der Waals surface area contributed by atoms with E-state index >= 15 is 0 Å². The summed E-state index contributed by atoms with van der Waals surface area (Å²) in [5.74, 6) is 0.778. The van der Waals surface area contributed by atoms with Crippen LogP contribution in [0.25, 0.3) is 0 Å². The number of nitrogens with zero attached hydrogens (tertiary/aromatic N) is 1. The lowest BCUT2D eigenvalue weighted by Crippen LogP contribution is -2.29. The summed E-state index contributed by atoms with van der Waals surface area (Å²) < 4.78 is 5.40. The highest BCUT2D eigenvalue weighted by Crippen LogP contribution is 2.20. The Hall–Kier alpha value is -1.06. The standard InChI is InChI=1S/C15H24N2O/c1-16-11-13-3-5-15(6-4-13)17(2)12-14-7-9-18-10-8-14/h3-6,14,16H,7-12H2,1-2H3. The third-order valence-corrected chi connectivity index (χ3v) is 3.63. The summed E-state index contributed by atoms with van der Waals surface area (Å²) in [6.07, 6.45) is 2.39. The van der Waals surface area contributed by atoms with Crippen molar-refractivity contribution in [1.82, 2.24) is 5.32 Å².